The Morgan fingerprint density at radius 1 is 1.53 bits per heavy atom. The number of nitrogens with zero attached hydrogens (tertiary/aromatic N) is 3. The highest BCUT2D eigenvalue weighted by atomic mass is 16.6. The molecule has 1 aromatic rings. The molecule has 0 aliphatic rings. The Kier molecular flexibility index (Phi) is 4.28. The predicted octanol–water partition coefficient (Wildman–Crippen LogP) is 1.19. The lowest BCUT2D eigenvalue weighted by Gasteiger charge is -2.22. The van der Waals surface area contributed by atoms with Crippen LogP contribution in [0.1, 0.15) is 26.3 Å². The number of aryl methyl sites for hydroxylation is 1. The first-order chi connectivity index (χ1) is 7.76. The maximum Gasteiger partial charge on any atom is 0.320 e. The van der Waals surface area contributed by atoms with E-state index < -0.39 is 5.60 Å². The third-order valence-corrected chi connectivity index (χ3v) is 2.03. The van der Waals surface area contributed by atoms with Gasteiger partial charge in [0.15, 0.2) is 0 Å². The molecule has 0 atom stereocenters. The van der Waals surface area contributed by atoms with Crippen molar-refractivity contribution in [2.45, 2.75) is 32.9 Å². The molecule has 96 valence electrons. The van der Waals surface area contributed by atoms with Crippen LogP contribution in [0.25, 0.3) is 0 Å². The van der Waals surface area contributed by atoms with E-state index in [0.717, 1.165) is 5.56 Å². The lowest BCUT2D eigenvalue weighted by Crippen LogP contribution is -2.32. The maximum atomic E-state index is 11.6. The predicted molar refractivity (Wildman–Crippen MR) is 65.4 cm³/mol. The molecule has 5 heteroatoms. The van der Waals surface area contributed by atoms with Crippen molar-refractivity contribution in [2.75, 3.05) is 13.6 Å². The Morgan fingerprint density at radius 2 is 2.18 bits per heavy atom. The van der Waals surface area contributed by atoms with Gasteiger partial charge < -0.3 is 4.74 Å². The van der Waals surface area contributed by atoms with Crippen LogP contribution in [0.2, 0.25) is 0 Å². The molecule has 0 spiro atoms. The van der Waals surface area contributed by atoms with Crippen LogP contribution < -0.4 is 0 Å². The SMILES string of the molecule is CN(CC(=O)OC(C)(C)C)Cc1cnn(C)c1. The van der Waals surface area contributed by atoms with Gasteiger partial charge in [0, 0.05) is 25.4 Å². The molecule has 0 saturated heterocycles. The van der Waals surface area contributed by atoms with Crippen LogP contribution in [0.5, 0.6) is 0 Å². The number of ether oxygens (including phenoxy) is 1. The van der Waals surface area contributed by atoms with E-state index >= 15 is 0 Å². The highest BCUT2D eigenvalue weighted by Gasteiger charge is 2.17. The lowest BCUT2D eigenvalue weighted by atomic mass is 10.2. The molecule has 1 aromatic heterocycles. The molecule has 0 saturated carbocycles. The van der Waals surface area contributed by atoms with E-state index in [1.54, 1.807) is 10.9 Å². The van der Waals surface area contributed by atoms with Gasteiger partial charge in [-0.1, -0.05) is 0 Å². The highest BCUT2D eigenvalue weighted by Crippen LogP contribution is 2.08. The van der Waals surface area contributed by atoms with Crippen molar-refractivity contribution in [3.05, 3.63) is 18.0 Å². The summed E-state index contributed by atoms with van der Waals surface area (Å²) in [5.41, 5.74) is 0.658. The second-order valence-corrected chi connectivity index (χ2v) is 5.28. The monoisotopic (exact) mass is 239 g/mol. The Labute approximate surface area is 102 Å². The molecule has 5 nitrogen and oxygen atoms in total. The molecular formula is C12H21N3O2. The maximum absolute atomic E-state index is 11.6. The van der Waals surface area contributed by atoms with Crippen molar-refractivity contribution >= 4 is 5.97 Å². The Balaban J connectivity index is 2.39. The second kappa shape index (κ2) is 5.31. The summed E-state index contributed by atoms with van der Waals surface area (Å²) in [5, 5.41) is 4.08. The average molecular weight is 239 g/mol. The van der Waals surface area contributed by atoms with E-state index in [-0.39, 0.29) is 12.5 Å². The number of carbonyl (C=O) groups is 1. The van der Waals surface area contributed by atoms with Crippen LogP contribution in [0.3, 0.4) is 0 Å². The molecule has 0 unspecified atom stereocenters. The number of aromatic nitrogens is 2. The highest BCUT2D eigenvalue weighted by molar-refractivity contribution is 5.72. The lowest BCUT2D eigenvalue weighted by molar-refractivity contribution is -0.155. The third-order valence-electron chi connectivity index (χ3n) is 2.03. The molecule has 0 radical (unpaired) electrons. The fourth-order valence-electron chi connectivity index (χ4n) is 1.52. The minimum absolute atomic E-state index is 0.205. The quantitative estimate of drug-likeness (QED) is 0.741. The number of hydrogen-bond donors (Lipinski definition) is 0. The molecule has 1 heterocycles. The molecule has 0 aliphatic carbocycles. The molecule has 0 aliphatic heterocycles. The number of hydrogen-bond acceptors (Lipinski definition) is 4. The zero-order valence-electron chi connectivity index (χ0n) is 11.2. The number of carbonyl (C=O) groups excluding carboxylic acids is 1. The number of esters is 1. The summed E-state index contributed by atoms with van der Waals surface area (Å²) in [5.74, 6) is -0.205. The van der Waals surface area contributed by atoms with Gasteiger partial charge >= 0.3 is 5.97 Å². The van der Waals surface area contributed by atoms with Crippen molar-refractivity contribution in [1.82, 2.24) is 14.7 Å². The van der Waals surface area contributed by atoms with E-state index in [1.165, 1.54) is 0 Å². The minimum atomic E-state index is -0.424. The van der Waals surface area contributed by atoms with Crippen LogP contribution >= 0.6 is 0 Å². The first kappa shape index (κ1) is 13.7. The summed E-state index contributed by atoms with van der Waals surface area (Å²) in [7, 11) is 3.76. The van der Waals surface area contributed by atoms with E-state index in [9.17, 15) is 4.79 Å². The first-order valence-electron chi connectivity index (χ1n) is 5.64. The van der Waals surface area contributed by atoms with Gasteiger partial charge in [-0.05, 0) is 27.8 Å². The summed E-state index contributed by atoms with van der Waals surface area (Å²) in [6, 6.07) is 0. The third kappa shape index (κ3) is 5.49. The Bertz CT molecular complexity index is 379. The molecule has 0 bridgehead atoms. The van der Waals surface area contributed by atoms with Crippen LogP contribution in [0, 0.1) is 0 Å². The topological polar surface area (TPSA) is 47.4 Å². The van der Waals surface area contributed by atoms with Gasteiger partial charge in [0.25, 0.3) is 0 Å². The normalized spacial score (nSPS) is 11.9. The summed E-state index contributed by atoms with van der Waals surface area (Å²) in [6.07, 6.45) is 3.73. The average Bonchev–Trinajstić information content (AvgIpc) is 2.46. The van der Waals surface area contributed by atoms with Crippen LogP contribution in [0.4, 0.5) is 0 Å². The van der Waals surface area contributed by atoms with Gasteiger partial charge in [0.2, 0.25) is 0 Å². The van der Waals surface area contributed by atoms with Gasteiger partial charge in [0.1, 0.15) is 5.60 Å². The van der Waals surface area contributed by atoms with Crippen molar-refractivity contribution in [1.29, 1.82) is 0 Å². The summed E-state index contributed by atoms with van der Waals surface area (Å²) < 4.78 is 7.00. The van der Waals surface area contributed by atoms with Crippen LogP contribution in [-0.2, 0) is 23.1 Å². The summed E-state index contributed by atoms with van der Waals surface area (Å²) in [6.45, 7) is 6.57. The van der Waals surface area contributed by atoms with Crippen LogP contribution in [-0.4, -0.2) is 39.8 Å². The van der Waals surface area contributed by atoms with Gasteiger partial charge in [-0.15, -0.1) is 0 Å². The number of rotatable bonds is 4. The van der Waals surface area contributed by atoms with Gasteiger partial charge in [0.05, 0.1) is 12.7 Å². The molecule has 1 rings (SSSR count). The summed E-state index contributed by atoms with van der Waals surface area (Å²) in [4.78, 5) is 13.5. The van der Waals surface area contributed by atoms with Crippen molar-refractivity contribution < 1.29 is 9.53 Å². The second-order valence-electron chi connectivity index (χ2n) is 5.28. The Morgan fingerprint density at radius 3 is 2.65 bits per heavy atom. The molecule has 0 amide bonds. The van der Waals surface area contributed by atoms with E-state index in [1.807, 2.05) is 46.0 Å². The fourth-order valence-corrected chi connectivity index (χ4v) is 1.52. The van der Waals surface area contributed by atoms with E-state index in [2.05, 4.69) is 5.10 Å². The van der Waals surface area contributed by atoms with Crippen LogP contribution in [0.15, 0.2) is 12.4 Å². The molecule has 17 heavy (non-hydrogen) atoms. The number of likely N-dealkylation sites (N-methyl/N-ethyl adjacent to an activating group) is 1. The molecule has 0 N–H and O–H groups in total. The van der Waals surface area contributed by atoms with Crippen molar-refractivity contribution in [2.24, 2.45) is 7.05 Å². The van der Waals surface area contributed by atoms with Crippen molar-refractivity contribution in [3.63, 3.8) is 0 Å². The first-order valence-corrected chi connectivity index (χ1v) is 5.64. The van der Waals surface area contributed by atoms with Gasteiger partial charge in [-0.25, -0.2) is 0 Å². The zero-order chi connectivity index (χ0) is 13.1. The molecular weight excluding hydrogens is 218 g/mol. The smallest absolute Gasteiger partial charge is 0.320 e. The molecule has 0 fully saturated rings. The van der Waals surface area contributed by atoms with Gasteiger partial charge in [-0.3, -0.25) is 14.4 Å². The van der Waals surface area contributed by atoms with Gasteiger partial charge in [-0.2, -0.15) is 5.10 Å². The fraction of sp³-hybridized carbons (Fsp3) is 0.667. The van der Waals surface area contributed by atoms with E-state index in [4.69, 9.17) is 4.74 Å². The Hall–Kier alpha value is -1.36. The van der Waals surface area contributed by atoms with E-state index in [0.29, 0.717) is 6.54 Å². The minimum Gasteiger partial charge on any atom is -0.459 e. The summed E-state index contributed by atoms with van der Waals surface area (Å²) >= 11 is 0. The standard InChI is InChI=1S/C12H21N3O2/c1-12(2,3)17-11(16)9-14(4)7-10-6-13-15(5)8-10/h6,8H,7,9H2,1-5H3. The zero-order valence-corrected chi connectivity index (χ0v) is 11.2. The van der Waals surface area contributed by atoms with Crippen molar-refractivity contribution in [3.8, 4) is 0 Å². The molecule has 0 aromatic carbocycles. The largest absolute Gasteiger partial charge is 0.459 e.